The highest BCUT2D eigenvalue weighted by Gasteiger charge is 2.37. The zero-order chi connectivity index (χ0) is 33.9. The average molecular weight is 648 g/mol. The molecule has 0 fully saturated rings. The number of H-pyrrole nitrogens is 1. The number of hydrogen-bond acceptors (Lipinski definition) is 7. The summed E-state index contributed by atoms with van der Waals surface area (Å²) in [5.74, 6) is -2.98. The zero-order valence-electron chi connectivity index (χ0n) is 26.0. The largest absolute Gasteiger partial charge is 0.480 e. The SMILES string of the molecule is Cc1nc2ccc3ccc(CNc4ccc5c(c4)CN(C(CCC(=O)N[C@@H](Cc4ccccc4)C(=O)O)C(=O)O)C5=O)cc3c2c(=O)[nH]1. The van der Waals surface area contributed by atoms with E-state index in [4.69, 9.17) is 0 Å². The van der Waals surface area contributed by atoms with Crippen molar-refractivity contribution in [1.29, 1.82) is 0 Å². The van der Waals surface area contributed by atoms with E-state index in [0.29, 0.717) is 34.4 Å². The molecule has 0 bridgehead atoms. The van der Waals surface area contributed by atoms with Gasteiger partial charge in [-0.05, 0) is 71.1 Å². The van der Waals surface area contributed by atoms with Crippen LogP contribution >= 0.6 is 0 Å². The highest BCUT2D eigenvalue weighted by atomic mass is 16.4. The van der Waals surface area contributed by atoms with E-state index >= 15 is 0 Å². The van der Waals surface area contributed by atoms with Crippen LogP contribution in [0.2, 0.25) is 0 Å². The van der Waals surface area contributed by atoms with Crippen molar-refractivity contribution in [3.05, 3.63) is 117 Å². The molecule has 244 valence electrons. The summed E-state index contributed by atoms with van der Waals surface area (Å²) in [5, 5.41) is 27.6. The molecule has 48 heavy (non-hydrogen) atoms. The molecule has 0 saturated heterocycles. The minimum Gasteiger partial charge on any atom is -0.480 e. The van der Waals surface area contributed by atoms with Crippen LogP contribution in [0.25, 0.3) is 21.7 Å². The molecule has 2 atom stereocenters. The second kappa shape index (κ2) is 13.4. The summed E-state index contributed by atoms with van der Waals surface area (Å²) < 4.78 is 0. The Bertz CT molecular complexity index is 2130. The number of rotatable bonds is 12. The Balaban J connectivity index is 1.11. The fraction of sp³-hybridized carbons (Fsp3) is 0.222. The number of benzene rings is 4. The lowest BCUT2D eigenvalue weighted by atomic mass is 10.0. The summed E-state index contributed by atoms with van der Waals surface area (Å²) in [6.07, 6.45) is -0.376. The first kappa shape index (κ1) is 31.9. The minimum absolute atomic E-state index is 0.0468. The first-order valence-electron chi connectivity index (χ1n) is 15.5. The van der Waals surface area contributed by atoms with E-state index in [2.05, 4.69) is 20.6 Å². The third-order valence-corrected chi connectivity index (χ3v) is 8.53. The molecule has 2 amide bonds. The van der Waals surface area contributed by atoms with Crippen molar-refractivity contribution in [2.75, 3.05) is 5.32 Å². The van der Waals surface area contributed by atoms with E-state index in [1.807, 2.05) is 30.3 Å². The lowest BCUT2D eigenvalue weighted by Crippen LogP contribution is -2.44. The van der Waals surface area contributed by atoms with Gasteiger partial charge < -0.3 is 30.7 Å². The highest BCUT2D eigenvalue weighted by Crippen LogP contribution is 2.29. The Morgan fingerprint density at radius 2 is 1.71 bits per heavy atom. The topological polar surface area (TPSA) is 182 Å². The Morgan fingerprint density at radius 3 is 2.46 bits per heavy atom. The first-order chi connectivity index (χ1) is 23.1. The number of aliphatic carboxylic acids is 2. The molecule has 1 unspecified atom stereocenters. The fourth-order valence-corrected chi connectivity index (χ4v) is 6.14. The number of carboxylic acids is 2. The van der Waals surface area contributed by atoms with Crippen LogP contribution in [0, 0.1) is 6.92 Å². The number of anilines is 1. The summed E-state index contributed by atoms with van der Waals surface area (Å²) in [5.41, 5.74) is 3.82. The molecule has 12 nitrogen and oxygen atoms in total. The van der Waals surface area contributed by atoms with Gasteiger partial charge in [-0.15, -0.1) is 0 Å². The standard InChI is InChI=1S/C36H33N5O7/c1-20-38-28-12-9-23-8-7-22(15-27(23)32(28)33(43)39-20)18-37-25-10-11-26-24(17-25)19-41(34(26)44)30(36(47)48)13-14-31(42)40-29(35(45)46)16-21-5-3-2-4-6-21/h2-12,15,17,29-30,37H,13-14,16,18-19H2,1H3,(H,40,42)(H,45,46)(H,47,48)(H,38,39,43)/t29-,30?/m0/s1. The minimum atomic E-state index is -1.28. The van der Waals surface area contributed by atoms with Gasteiger partial charge in [0, 0.05) is 37.2 Å². The smallest absolute Gasteiger partial charge is 0.326 e. The van der Waals surface area contributed by atoms with E-state index < -0.39 is 35.8 Å². The summed E-state index contributed by atoms with van der Waals surface area (Å²) >= 11 is 0. The molecule has 0 saturated carbocycles. The summed E-state index contributed by atoms with van der Waals surface area (Å²) in [6.45, 7) is 2.21. The van der Waals surface area contributed by atoms with Crippen LogP contribution in [-0.2, 0) is 33.9 Å². The van der Waals surface area contributed by atoms with Gasteiger partial charge in [-0.2, -0.15) is 0 Å². The predicted octanol–water partition coefficient (Wildman–Crippen LogP) is 4.00. The van der Waals surface area contributed by atoms with Gasteiger partial charge in [0.15, 0.2) is 0 Å². The van der Waals surface area contributed by atoms with Gasteiger partial charge in [0.1, 0.15) is 17.9 Å². The normalized spacial score (nSPS) is 13.7. The lowest BCUT2D eigenvalue weighted by molar-refractivity contribution is -0.144. The van der Waals surface area contributed by atoms with Crippen LogP contribution in [0.4, 0.5) is 5.69 Å². The summed E-state index contributed by atoms with van der Waals surface area (Å²) in [7, 11) is 0. The second-order valence-corrected chi connectivity index (χ2v) is 11.9. The fourth-order valence-electron chi connectivity index (χ4n) is 6.14. The quantitative estimate of drug-likeness (QED) is 0.125. The zero-order valence-corrected chi connectivity index (χ0v) is 26.0. The molecule has 1 aromatic heterocycles. The van der Waals surface area contributed by atoms with Crippen molar-refractivity contribution < 1.29 is 29.4 Å². The van der Waals surface area contributed by atoms with Crippen molar-refractivity contribution in [3.8, 4) is 0 Å². The number of fused-ring (bicyclic) bond motifs is 4. The number of carboxylic acid groups (broad SMARTS) is 2. The van der Waals surface area contributed by atoms with Crippen molar-refractivity contribution in [2.24, 2.45) is 0 Å². The molecule has 4 aromatic carbocycles. The number of amides is 2. The molecule has 1 aliphatic rings. The van der Waals surface area contributed by atoms with E-state index in [0.717, 1.165) is 27.6 Å². The van der Waals surface area contributed by atoms with Crippen LogP contribution in [0.15, 0.2) is 83.7 Å². The molecular formula is C36H33N5O7. The summed E-state index contributed by atoms with van der Waals surface area (Å²) in [6, 6.07) is 21.2. The molecule has 2 heterocycles. The number of aromatic amines is 1. The van der Waals surface area contributed by atoms with Gasteiger partial charge in [-0.1, -0.05) is 48.5 Å². The molecule has 0 radical (unpaired) electrons. The predicted molar refractivity (Wildman–Crippen MR) is 179 cm³/mol. The number of carbonyl (C=O) groups excluding carboxylic acids is 2. The van der Waals surface area contributed by atoms with Crippen LogP contribution < -0.4 is 16.2 Å². The van der Waals surface area contributed by atoms with Gasteiger partial charge >= 0.3 is 11.9 Å². The molecule has 5 aromatic rings. The molecular weight excluding hydrogens is 614 g/mol. The Hall–Kier alpha value is -6.04. The number of aromatic nitrogens is 2. The molecule has 6 rings (SSSR count). The van der Waals surface area contributed by atoms with Gasteiger partial charge in [0.05, 0.1) is 10.9 Å². The maximum atomic E-state index is 13.3. The van der Waals surface area contributed by atoms with Crippen molar-refractivity contribution in [3.63, 3.8) is 0 Å². The van der Waals surface area contributed by atoms with E-state index in [1.165, 1.54) is 4.90 Å². The number of aryl methyl sites for hydroxylation is 1. The lowest BCUT2D eigenvalue weighted by Gasteiger charge is -2.24. The third kappa shape index (κ3) is 6.73. The van der Waals surface area contributed by atoms with E-state index in [1.54, 1.807) is 55.5 Å². The van der Waals surface area contributed by atoms with Crippen LogP contribution in [0.1, 0.15) is 45.7 Å². The van der Waals surface area contributed by atoms with Gasteiger partial charge in [0.25, 0.3) is 11.5 Å². The maximum Gasteiger partial charge on any atom is 0.326 e. The van der Waals surface area contributed by atoms with E-state index in [-0.39, 0.29) is 31.4 Å². The van der Waals surface area contributed by atoms with Crippen LogP contribution in [0.3, 0.4) is 0 Å². The Kier molecular flexibility index (Phi) is 8.89. The van der Waals surface area contributed by atoms with Gasteiger partial charge in [0.2, 0.25) is 5.91 Å². The summed E-state index contributed by atoms with van der Waals surface area (Å²) in [4.78, 5) is 71.1. The monoisotopic (exact) mass is 647 g/mol. The van der Waals surface area contributed by atoms with E-state index in [9.17, 15) is 34.2 Å². The average Bonchev–Trinajstić information content (AvgIpc) is 3.38. The maximum absolute atomic E-state index is 13.3. The number of hydrogen-bond donors (Lipinski definition) is 5. The van der Waals surface area contributed by atoms with Crippen LogP contribution in [-0.4, -0.2) is 60.9 Å². The van der Waals surface area contributed by atoms with Gasteiger partial charge in [-0.3, -0.25) is 14.4 Å². The Labute approximate surface area is 274 Å². The molecule has 1 aliphatic heterocycles. The number of carbonyl (C=O) groups is 4. The second-order valence-electron chi connectivity index (χ2n) is 11.9. The molecule has 5 N–H and O–H groups in total. The van der Waals surface area contributed by atoms with Gasteiger partial charge in [-0.25, -0.2) is 14.6 Å². The Morgan fingerprint density at radius 1 is 0.938 bits per heavy atom. The van der Waals surface area contributed by atoms with Crippen molar-refractivity contribution in [2.45, 2.75) is 51.4 Å². The third-order valence-electron chi connectivity index (χ3n) is 8.53. The first-order valence-corrected chi connectivity index (χ1v) is 15.5. The molecule has 0 aliphatic carbocycles. The molecule has 12 heteroatoms. The van der Waals surface area contributed by atoms with Crippen molar-refractivity contribution in [1.82, 2.24) is 20.2 Å². The van der Waals surface area contributed by atoms with Crippen molar-refractivity contribution >= 4 is 51.1 Å². The highest BCUT2D eigenvalue weighted by molar-refractivity contribution is 6.06. The number of nitrogens with one attached hydrogen (secondary N) is 3. The molecule has 0 spiro atoms. The number of nitrogens with zero attached hydrogens (tertiary/aromatic N) is 2. The van der Waals surface area contributed by atoms with Crippen LogP contribution in [0.5, 0.6) is 0 Å².